The summed E-state index contributed by atoms with van der Waals surface area (Å²) in [6, 6.07) is 9.05. The van der Waals surface area contributed by atoms with Crippen LogP contribution in [-0.4, -0.2) is 12.2 Å². The van der Waals surface area contributed by atoms with Crippen LogP contribution in [0.15, 0.2) is 36.4 Å². The van der Waals surface area contributed by atoms with Gasteiger partial charge >= 0.3 is 0 Å². The highest BCUT2D eigenvalue weighted by Crippen LogP contribution is 2.30. The molecule has 4 heteroatoms. The Morgan fingerprint density at radius 3 is 2.53 bits per heavy atom. The largest absolute Gasteiger partial charge is 0.505 e. The van der Waals surface area contributed by atoms with Crippen molar-refractivity contribution < 1.29 is 18.6 Å². The molecule has 0 aliphatic rings. The second-order valence-electron chi connectivity index (χ2n) is 3.49. The maximum Gasteiger partial charge on any atom is 0.200 e. The summed E-state index contributed by atoms with van der Waals surface area (Å²) in [4.78, 5) is 0. The fraction of sp³-hybridized carbons (Fsp3) is 0.0769. The van der Waals surface area contributed by atoms with Crippen LogP contribution in [0, 0.1) is 11.6 Å². The Bertz CT molecular complexity index is 553. The van der Waals surface area contributed by atoms with Gasteiger partial charge in [-0.05, 0) is 29.8 Å². The zero-order valence-corrected chi connectivity index (χ0v) is 9.08. The Morgan fingerprint density at radius 1 is 1.06 bits per heavy atom. The molecule has 2 rings (SSSR count). The summed E-state index contributed by atoms with van der Waals surface area (Å²) in [5.74, 6) is -2.46. The van der Waals surface area contributed by atoms with Crippen LogP contribution in [0.3, 0.4) is 0 Å². The van der Waals surface area contributed by atoms with Crippen molar-refractivity contribution >= 4 is 0 Å². The Kier molecular flexibility index (Phi) is 2.95. The lowest BCUT2D eigenvalue weighted by atomic mass is 10.0. The SMILES string of the molecule is COc1cccc(-c2ccc(O)c(F)c2F)c1. The van der Waals surface area contributed by atoms with Crippen molar-refractivity contribution in [2.75, 3.05) is 7.11 Å². The van der Waals surface area contributed by atoms with Crippen molar-refractivity contribution in [3.63, 3.8) is 0 Å². The van der Waals surface area contributed by atoms with Gasteiger partial charge in [0.2, 0.25) is 5.82 Å². The van der Waals surface area contributed by atoms with Gasteiger partial charge in [-0.25, -0.2) is 4.39 Å². The molecule has 0 saturated heterocycles. The minimum Gasteiger partial charge on any atom is -0.505 e. The molecule has 17 heavy (non-hydrogen) atoms. The molecule has 0 amide bonds. The summed E-state index contributed by atoms with van der Waals surface area (Å²) in [6.45, 7) is 0. The number of benzene rings is 2. The van der Waals surface area contributed by atoms with Crippen LogP contribution in [0.4, 0.5) is 8.78 Å². The average molecular weight is 236 g/mol. The average Bonchev–Trinajstić information content (AvgIpc) is 2.36. The highest BCUT2D eigenvalue weighted by molar-refractivity contribution is 5.66. The molecule has 0 fully saturated rings. The van der Waals surface area contributed by atoms with Gasteiger partial charge in [0.15, 0.2) is 11.6 Å². The minimum atomic E-state index is -1.25. The van der Waals surface area contributed by atoms with E-state index in [0.29, 0.717) is 11.3 Å². The van der Waals surface area contributed by atoms with Gasteiger partial charge in [-0.3, -0.25) is 0 Å². The lowest BCUT2D eigenvalue weighted by Gasteiger charge is -2.07. The highest BCUT2D eigenvalue weighted by atomic mass is 19.2. The van der Waals surface area contributed by atoms with Crippen LogP contribution in [0.5, 0.6) is 11.5 Å². The predicted molar refractivity (Wildman–Crippen MR) is 60.0 cm³/mol. The summed E-state index contributed by atoms with van der Waals surface area (Å²) in [6.07, 6.45) is 0. The van der Waals surface area contributed by atoms with Crippen molar-refractivity contribution in [1.29, 1.82) is 0 Å². The van der Waals surface area contributed by atoms with Crippen LogP contribution in [-0.2, 0) is 0 Å². The number of ether oxygens (including phenoxy) is 1. The molecule has 0 aliphatic heterocycles. The van der Waals surface area contributed by atoms with Crippen molar-refractivity contribution in [1.82, 2.24) is 0 Å². The molecule has 88 valence electrons. The second kappa shape index (κ2) is 4.41. The molecule has 0 saturated carbocycles. The Balaban J connectivity index is 2.56. The molecular formula is C13H10F2O2. The summed E-state index contributed by atoms with van der Waals surface area (Å²) < 4.78 is 31.8. The third kappa shape index (κ3) is 2.06. The highest BCUT2D eigenvalue weighted by Gasteiger charge is 2.14. The summed E-state index contributed by atoms with van der Waals surface area (Å²) in [5, 5.41) is 9.03. The predicted octanol–water partition coefficient (Wildman–Crippen LogP) is 3.35. The van der Waals surface area contributed by atoms with Gasteiger partial charge in [0, 0.05) is 5.56 Å². The maximum atomic E-state index is 13.6. The summed E-state index contributed by atoms with van der Waals surface area (Å²) in [7, 11) is 1.49. The lowest BCUT2D eigenvalue weighted by molar-refractivity contribution is 0.408. The second-order valence-corrected chi connectivity index (χ2v) is 3.49. The zero-order valence-electron chi connectivity index (χ0n) is 9.08. The Labute approximate surface area is 97.1 Å². The monoisotopic (exact) mass is 236 g/mol. The Morgan fingerprint density at radius 2 is 1.82 bits per heavy atom. The van der Waals surface area contributed by atoms with Gasteiger partial charge in [0.05, 0.1) is 7.11 Å². The third-order valence-electron chi connectivity index (χ3n) is 2.44. The van der Waals surface area contributed by atoms with E-state index in [-0.39, 0.29) is 5.56 Å². The van der Waals surface area contributed by atoms with Crippen molar-refractivity contribution in [3.05, 3.63) is 48.0 Å². The molecule has 0 radical (unpaired) electrons. The standard InChI is InChI=1S/C13H10F2O2/c1-17-9-4-2-3-8(7-9)10-5-6-11(16)13(15)12(10)14/h2-7,16H,1H3. The first-order valence-corrected chi connectivity index (χ1v) is 4.95. The third-order valence-corrected chi connectivity index (χ3v) is 2.44. The van der Waals surface area contributed by atoms with Crippen LogP contribution >= 0.6 is 0 Å². The van der Waals surface area contributed by atoms with E-state index >= 15 is 0 Å². The fourth-order valence-electron chi connectivity index (χ4n) is 1.55. The molecule has 2 nitrogen and oxygen atoms in total. The molecule has 1 N–H and O–H groups in total. The van der Waals surface area contributed by atoms with Crippen LogP contribution in [0.25, 0.3) is 11.1 Å². The van der Waals surface area contributed by atoms with E-state index in [1.165, 1.54) is 13.2 Å². The number of rotatable bonds is 2. The van der Waals surface area contributed by atoms with E-state index in [1.807, 2.05) is 0 Å². The van der Waals surface area contributed by atoms with Crippen molar-refractivity contribution in [2.45, 2.75) is 0 Å². The number of phenols is 1. The van der Waals surface area contributed by atoms with Crippen LogP contribution in [0.1, 0.15) is 0 Å². The van der Waals surface area contributed by atoms with E-state index in [9.17, 15) is 8.78 Å². The Hall–Kier alpha value is -2.10. The van der Waals surface area contributed by atoms with Crippen molar-refractivity contribution in [2.24, 2.45) is 0 Å². The summed E-state index contributed by atoms with van der Waals surface area (Å²) in [5.41, 5.74) is 0.569. The van der Waals surface area contributed by atoms with E-state index in [0.717, 1.165) is 6.07 Å². The lowest BCUT2D eigenvalue weighted by Crippen LogP contribution is -1.91. The number of methoxy groups -OCH3 is 1. The maximum absolute atomic E-state index is 13.6. The number of hydrogen-bond acceptors (Lipinski definition) is 2. The van der Waals surface area contributed by atoms with Gasteiger partial charge in [-0.1, -0.05) is 12.1 Å². The van der Waals surface area contributed by atoms with Crippen LogP contribution in [0.2, 0.25) is 0 Å². The molecule has 0 aliphatic carbocycles. The molecule has 0 atom stereocenters. The van der Waals surface area contributed by atoms with Gasteiger partial charge in [-0.15, -0.1) is 0 Å². The zero-order chi connectivity index (χ0) is 12.4. The molecule has 2 aromatic carbocycles. The number of hydrogen-bond donors (Lipinski definition) is 1. The molecule has 0 aromatic heterocycles. The molecule has 0 bridgehead atoms. The molecule has 0 spiro atoms. The summed E-state index contributed by atoms with van der Waals surface area (Å²) >= 11 is 0. The van der Waals surface area contributed by atoms with Gasteiger partial charge < -0.3 is 9.84 Å². The van der Waals surface area contributed by atoms with Gasteiger partial charge in [0.25, 0.3) is 0 Å². The first kappa shape index (κ1) is 11.4. The first-order valence-electron chi connectivity index (χ1n) is 4.95. The molecule has 2 aromatic rings. The molecule has 0 unspecified atom stereocenters. The van der Waals surface area contributed by atoms with Gasteiger partial charge in [0.1, 0.15) is 5.75 Å². The number of halogens is 2. The topological polar surface area (TPSA) is 29.5 Å². The van der Waals surface area contributed by atoms with E-state index in [4.69, 9.17) is 9.84 Å². The van der Waals surface area contributed by atoms with E-state index in [2.05, 4.69) is 0 Å². The molecule has 0 heterocycles. The normalized spacial score (nSPS) is 10.3. The minimum absolute atomic E-state index is 0.0826. The quantitative estimate of drug-likeness (QED) is 0.866. The molecular weight excluding hydrogens is 226 g/mol. The van der Waals surface area contributed by atoms with E-state index in [1.54, 1.807) is 24.3 Å². The van der Waals surface area contributed by atoms with Crippen LogP contribution < -0.4 is 4.74 Å². The first-order chi connectivity index (χ1) is 8.13. The fourth-order valence-corrected chi connectivity index (χ4v) is 1.55. The van der Waals surface area contributed by atoms with E-state index < -0.39 is 17.4 Å². The smallest absolute Gasteiger partial charge is 0.200 e. The number of aromatic hydroxyl groups is 1. The number of phenolic OH excluding ortho intramolecular Hbond substituents is 1. The van der Waals surface area contributed by atoms with Gasteiger partial charge in [-0.2, -0.15) is 4.39 Å². The van der Waals surface area contributed by atoms with Crippen molar-refractivity contribution in [3.8, 4) is 22.6 Å².